The molecule has 0 fully saturated rings. The molecule has 2 aromatic carbocycles. The Morgan fingerprint density at radius 2 is 1.72 bits per heavy atom. The van der Waals surface area contributed by atoms with E-state index in [2.05, 4.69) is 10.4 Å². The van der Waals surface area contributed by atoms with Crippen LogP contribution >= 0.6 is 0 Å². The summed E-state index contributed by atoms with van der Waals surface area (Å²) >= 11 is 0. The number of nitrogens with one attached hydrogen (secondary N) is 1. The number of para-hydroxylation sites is 1. The summed E-state index contributed by atoms with van der Waals surface area (Å²) in [4.78, 5) is 26.5. The average molecular weight is 499 g/mol. The molecule has 190 valence electrons. The number of aryl methyl sites for hydroxylation is 2. The van der Waals surface area contributed by atoms with E-state index < -0.39 is 23.6 Å². The van der Waals surface area contributed by atoms with E-state index in [-0.39, 0.29) is 18.8 Å². The molecule has 0 radical (unpaired) electrons. The lowest BCUT2D eigenvalue weighted by atomic mass is 10.1. The number of carbonyl (C=O) groups is 2. The van der Waals surface area contributed by atoms with Crippen molar-refractivity contribution in [3.63, 3.8) is 0 Å². The number of likely N-dealkylation sites (N-methyl/N-ethyl adjacent to an activating group) is 1. The van der Waals surface area contributed by atoms with Crippen molar-refractivity contribution in [2.45, 2.75) is 40.4 Å². The average Bonchev–Trinajstić information content (AvgIpc) is 3.09. The standard InChI is InChI=1S/C27H29F3N4O2/c1-5-33(17-25(35)31-24-9-7-6-8-23(24)27(28,29)30)26(36)15-14-22-19(3)32-34(20(22)4)16-21-12-10-18(2)11-13-21/h6-15H,5,16-17H2,1-4H3,(H,31,35)/b15-14+. The third kappa shape index (κ3) is 6.62. The molecule has 3 aromatic rings. The normalized spacial score (nSPS) is 11.6. The van der Waals surface area contributed by atoms with Crippen LogP contribution in [-0.4, -0.2) is 39.6 Å². The Bertz CT molecular complexity index is 1260. The summed E-state index contributed by atoms with van der Waals surface area (Å²) in [5.41, 5.74) is 3.44. The Morgan fingerprint density at radius 1 is 1.06 bits per heavy atom. The Labute approximate surface area is 208 Å². The van der Waals surface area contributed by atoms with Gasteiger partial charge < -0.3 is 10.2 Å². The molecule has 36 heavy (non-hydrogen) atoms. The summed E-state index contributed by atoms with van der Waals surface area (Å²) in [7, 11) is 0. The first-order valence-electron chi connectivity index (χ1n) is 11.5. The number of benzene rings is 2. The lowest BCUT2D eigenvalue weighted by Crippen LogP contribution is -2.37. The van der Waals surface area contributed by atoms with Gasteiger partial charge in [0.25, 0.3) is 0 Å². The Hall–Kier alpha value is -3.88. The fourth-order valence-electron chi connectivity index (χ4n) is 3.78. The molecule has 0 aliphatic heterocycles. The minimum atomic E-state index is -4.60. The second-order valence-corrected chi connectivity index (χ2v) is 8.51. The fraction of sp³-hybridized carbons (Fsp3) is 0.296. The fourth-order valence-corrected chi connectivity index (χ4v) is 3.78. The summed E-state index contributed by atoms with van der Waals surface area (Å²) in [6, 6.07) is 12.9. The van der Waals surface area contributed by atoms with Crippen LogP contribution in [0.4, 0.5) is 18.9 Å². The number of aromatic nitrogens is 2. The zero-order valence-electron chi connectivity index (χ0n) is 20.7. The quantitative estimate of drug-likeness (QED) is 0.425. The number of amides is 2. The molecule has 0 spiro atoms. The van der Waals surface area contributed by atoms with Crippen LogP contribution < -0.4 is 5.32 Å². The highest BCUT2D eigenvalue weighted by molar-refractivity contribution is 5.98. The molecular formula is C27H29F3N4O2. The lowest BCUT2D eigenvalue weighted by Gasteiger charge is -2.19. The van der Waals surface area contributed by atoms with Crippen LogP contribution in [0.15, 0.2) is 54.6 Å². The van der Waals surface area contributed by atoms with E-state index in [4.69, 9.17) is 0 Å². The van der Waals surface area contributed by atoms with Crippen LogP contribution in [0.2, 0.25) is 0 Å². The van der Waals surface area contributed by atoms with E-state index in [1.807, 2.05) is 49.7 Å². The van der Waals surface area contributed by atoms with Crippen molar-refractivity contribution >= 4 is 23.6 Å². The monoisotopic (exact) mass is 498 g/mol. The molecule has 9 heteroatoms. The van der Waals surface area contributed by atoms with Gasteiger partial charge in [-0.2, -0.15) is 18.3 Å². The zero-order chi connectivity index (χ0) is 26.5. The molecule has 1 N–H and O–H groups in total. The molecule has 0 bridgehead atoms. The van der Waals surface area contributed by atoms with E-state index in [0.29, 0.717) is 6.54 Å². The van der Waals surface area contributed by atoms with Crippen LogP contribution in [0.25, 0.3) is 6.08 Å². The van der Waals surface area contributed by atoms with Crippen LogP contribution in [-0.2, 0) is 22.3 Å². The second-order valence-electron chi connectivity index (χ2n) is 8.51. The number of rotatable bonds is 8. The number of alkyl halides is 3. The molecule has 0 aliphatic carbocycles. The van der Waals surface area contributed by atoms with Gasteiger partial charge in [0.15, 0.2) is 0 Å². The second kappa shape index (κ2) is 11.2. The van der Waals surface area contributed by atoms with Crippen molar-refractivity contribution < 1.29 is 22.8 Å². The Morgan fingerprint density at radius 3 is 2.36 bits per heavy atom. The number of carbonyl (C=O) groups excluding carboxylic acids is 2. The van der Waals surface area contributed by atoms with Crippen LogP contribution in [0.5, 0.6) is 0 Å². The SMILES string of the molecule is CCN(CC(=O)Nc1ccccc1C(F)(F)F)C(=O)/C=C/c1c(C)nn(Cc2ccc(C)cc2)c1C. The van der Waals surface area contributed by atoms with E-state index in [0.717, 1.165) is 28.6 Å². The number of nitrogens with zero attached hydrogens (tertiary/aromatic N) is 3. The summed E-state index contributed by atoms with van der Waals surface area (Å²) < 4.78 is 41.4. The molecule has 2 amide bonds. The van der Waals surface area contributed by atoms with Gasteiger partial charge in [-0.1, -0.05) is 42.0 Å². The van der Waals surface area contributed by atoms with Crippen molar-refractivity contribution in [1.29, 1.82) is 0 Å². The van der Waals surface area contributed by atoms with Gasteiger partial charge >= 0.3 is 6.18 Å². The zero-order valence-corrected chi connectivity index (χ0v) is 20.7. The predicted molar refractivity (Wildman–Crippen MR) is 133 cm³/mol. The summed E-state index contributed by atoms with van der Waals surface area (Å²) in [6.45, 7) is 7.91. The molecular weight excluding hydrogens is 469 g/mol. The molecule has 0 atom stereocenters. The molecule has 0 unspecified atom stereocenters. The third-order valence-electron chi connectivity index (χ3n) is 5.82. The van der Waals surface area contributed by atoms with E-state index in [9.17, 15) is 22.8 Å². The highest BCUT2D eigenvalue weighted by Gasteiger charge is 2.33. The number of hydrogen-bond acceptors (Lipinski definition) is 3. The van der Waals surface area contributed by atoms with Crippen LogP contribution in [0.1, 0.15) is 40.6 Å². The van der Waals surface area contributed by atoms with Gasteiger partial charge in [-0.25, -0.2) is 0 Å². The van der Waals surface area contributed by atoms with Crippen LogP contribution in [0.3, 0.4) is 0 Å². The number of anilines is 1. The highest BCUT2D eigenvalue weighted by atomic mass is 19.4. The van der Waals surface area contributed by atoms with Gasteiger partial charge in [0.2, 0.25) is 11.8 Å². The summed E-state index contributed by atoms with van der Waals surface area (Å²) in [5, 5.41) is 6.85. The van der Waals surface area contributed by atoms with Gasteiger partial charge in [0, 0.05) is 23.9 Å². The van der Waals surface area contributed by atoms with Gasteiger partial charge in [-0.05, 0) is 51.5 Å². The molecule has 0 aliphatic rings. The van der Waals surface area contributed by atoms with Gasteiger partial charge in [0.1, 0.15) is 6.54 Å². The lowest BCUT2D eigenvalue weighted by molar-refractivity contribution is -0.137. The van der Waals surface area contributed by atoms with Crippen LogP contribution in [0, 0.1) is 20.8 Å². The molecule has 0 saturated carbocycles. The molecule has 6 nitrogen and oxygen atoms in total. The molecule has 1 aromatic heterocycles. The van der Waals surface area contributed by atoms with Gasteiger partial charge in [-0.15, -0.1) is 0 Å². The third-order valence-corrected chi connectivity index (χ3v) is 5.82. The van der Waals surface area contributed by atoms with Crippen molar-refractivity contribution in [2.24, 2.45) is 0 Å². The van der Waals surface area contributed by atoms with Crippen molar-refractivity contribution in [1.82, 2.24) is 14.7 Å². The predicted octanol–water partition coefficient (Wildman–Crippen LogP) is 5.38. The molecule has 0 saturated heterocycles. The maximum atomic E-state index is 13.2. The Balaban J connectivity index is 1.68. The largest absolute Gasteiger partial charge is 0.418 e. The summed E-state index contributed by atoms with van der Waals surface area (Å²) in [5.74, 6) is -1.14. The Kier molecular flexibility index (Phi) is 8.34. The highest BCUT2D eigenvalue weighted by Crippen LogP contribution is 2.34. The number of halogens is 3. The van der Waals surface area contributed by atoms with E-state index >= 15 is 0 Å². The van der Waals surface area contributed by atoms with E-state index in [1.54, 1.807) is 13.0 Å². The molecule has 3 rings (SSSR count). The minimum Gasteiger partial charge on any atom is -0.330 e. The number of hydrogen-bond donors (Lipinski definition) is 1. The minimum absolute atomic E-state index is 0.210. The molecule has 1 heterocycles. The maximum Gasteiger partial charge on any atom is 0.418 e. The van der Waals surface area contributed by atoms with Crippen molar-refractivity contribution in [3.8, 4) is 0 Å². The van der Waals surface area contributed by atoms with Crippen molar-refractivity contribution in [2.75, 3.05) is 18.4 Å². The van der Waals surface area contributed by atoms with Crippen molar-refractivity contribution in [3.05, 3.63) is 88.2 Å². The summed E-state index contributed by atoms with van der Waals surface area (Å²) in [6.07, 6.45) is -1.59. The maximum absolute atomic E-state index is 13.2. The van der Waals surface area contributed by atoms with Gasteiger partial charge in [-0.3, -0.25) is 14.3 Å². The first-order chi connectivity index (χ1) is 17.0. The van der Waals surface area contributed by atoms with E-state index in [1.165, 1.54) is 34.7 Å². The topological polar surface area (TPSA) is 67.2 Å². The first-order valence-corrected chi connectivity index (χ1v) is 11.5. The first kappa shape index (κ1) is 26.7. The van der Waals surface area contributed by atoms with Gasteiger partial charge in [0.05, 0.1) is 23.5 Å². The smallest absolute Gasteiger partial charge is 0.330 e.